The van der Waals surface area contributed by atoms with E-state index in [1.165, 1.54) is 37.3 Å². The summed E-state index contributed by atoms with van der Waals surface area (Å²) in [5, 5.41) is 0. The third kappa shape index (κ3) is 2.98. The van der Waals surface area contributed by atoms with Gasteiger partial charge in [0.2, 0.25) is 0 Å². The van der Waals surface area contributed by atoms with Crippen LogP contribution in [0.1, 0.15) is 51.9 Å². The van der Waals surface area contributed by atoms with Crippen molar-refractivity contribution >= 4 is 11.3 Å². The van der Waals surface area contributed by atoms with Crippen LogP contribution < -0.4 is 5.73 Å². The van der Waals surface area contributed by atoms with Crippen molar-refractivity contribution in [2.45, 2.75) is 52.5 Å². The van der Waals surface area contributed by atoms with E-state index in [4.69, 9.17) is 10.7 Å². The van der Waals surface area contributed by atoms with Crippen LogP contribution in [0.2, 0.25) is 0 Å². The molecule has 0 aromatic carbocycles. The Morgan fingerprint density at radius 1 is 1.32 bits per heavy atom. The number of hydrogen-bond donors (Lipinski definition) is 1. The van der Waals surface area contributed by atoms with Crippen LogP contribution in [0.25, 0.3) is 5.65 Å². The van der Waals surface area contributed by atoms with Crippen molar-refractivity contribution in [3.8, 4) is 0 Å². The molecule has 1 fully saturated rings. The van der Waals surface area contributed by atoms with Crippen LogP contribution in [-0.4, -0.2) is 27.4 Å². The fraction of sp³-hybridized carbons (Fsp3) is 0.611. The highest BCUT2D eigenvalue weighted by atomic mass is 15.2. The second kappa shape index (κ2) is 5.58. The van der Waals surface area contributed by atoms with E-state index in [2.05, 4.69) is 37.0 Å². The molecule has 4 heteroatoms. The van der Waals surface area contributed by atoms with Gasteiger partial charge in [-0.05, 0) is 37.4 Å². The second-order valence-corrected chi connectivity index (χ2v) is 7.83. The molecular weight excluding hydrogens is 272 g/mol. The largest absolute Gasteiger partial charge is 0.398 e. The van der Waals surface area contributed by atoms with E-state index < -0.39 is 0 Å². The molecule has 1 aliphatic rings. The van der Waals surface area contributed by atoms with Crippen molar-refractivity contribution in [1.82, 2.24) is 14.3 Å². The van der Waals surface area contributed by atoms with Crippen LogP contribution in [0, 0.1) is 5.92 Å². The van der Waals surface area contributed by atoms with Gasteiger partial charge in [-0.3, -0.25) is 4.90 Å². The number of fused-ring (bicyclic) bond motifs is 1. The first-order chi connectivity index (χ1) is 10.3. The number of nitrogens with zero attached hydrogens (tertiary/aromatic N) is 3. The van der Waals surface area contributed by atoms with E-state index >= 15 is 0 Å². The number of rotatable bonds is 2. The zero-order valence-electron chi connectivity index (χ0n) is 14.3. The summed E-state index contributed by atoms with van der Waals surface area (Å²) in [6, 6.07) is 3.95. The summed E-state index contributed by atoms with van der Waals surface area (Å²) in [5.41, 5.74) is 10.3. The first-order valence-electron chi connectivity index (χ1n) is 8.34. The lowest BCUT2D eigenvalue weighted by atomic mass is 9.90. The van der Waals surface area contributed by atoms with E-state index in [9.17, 15) is 0 Å². The minimum Gasteiger partial charge on any atom is -0.398 e. The van der Waals surface area contributed by atoms with Gasteiger partial charge < -0.3 is 10.1 Å². The van der Waals surface area contributed by atoms with E-state index in [1.54, 1.807) is 0 Å². The highest BCUT2D eigenvalue weighted by Gasteiger charge is 2.26. The summed E-state index contributed by atoms with van der Waals surface area (Å²) in [4.78, 5) is 7.46. The Kier molecular flexibility index (Phi) is 3.89. The summed E-state index contributed by atoms with van der Waals surface area (Å²) in [7, 11) is 0. The van der Waals surface area contributed by atoms with Crippen molar-refractivity contribution in [3.63, 3.8) is 0 Å². The maximum atomic E-state index is 6.00. The molecule has 1 atom stereocenters. The smallest absolute Gasteiger partial charge is 0.137 e. The Bertz CT molecular complexity index is 666. The Balaban J connectivity index is 2.03. The summed E-state index contributed by atoms with van der Waals surface area (Å²) in [6.07, 6.45) is 4.66. The van der Waals surface area contributed by atoms with Gasteiger partial charge in [-0.2, -0.15) is 0 Å². The fourth-order valence-corrected chi connectivity index (χ4v) is 3.50. The molecule has 22 heavy (non-hydrogen) atoms. The third-order valence-corrected chi connectivity index (χ3v) is 4.57. The average Bonchev–Trinajstić information content (AvgIpc) is 2.77. The molecule has 4 nitrogen and oxygen atoms in total. The monoisotopic (exact) mass is 300 g/mol. The van der Waals surface area contributed by atoms with Crippen LogP contribution in [0.5, 0.6) is 0 Å². The van der Waals surface area contributed by atoms with Crippen molar-refractivity contribution < 1.29 is 0 Å². The zero-order valence-corrected chi connectivity index (χ0v) is 14.3. The van der Waals surface area contributed by atoms with Gasteiger partial charge in [0.25, 0.3) is 0 Å². The van der Waals surface area contributed by atoms with Crippen LogP contribution in [0.3, 0.4) is 0 Å². The number of piperidine rings is 1. The van der Waals surface area contributed by atoms with E-state index in [0.717, 1.165) is 23.8 Å². The summed E-state index contributed by atoms with van der Waals surface area (Å²) >= 11 is 0. The summed E-state index contributed by atoms with van der Waals surface area (Å²) in [5.74, 6) is 0.788. The number of nitrogens with two attached hydrogens (primary N) is 1. The van der Waals surface area contributed by atoms with Gasteiger partial charge in [0, 0.05) is 30.4 Å². The number of anilines is 1. The molecule has 0 aliphatic carbocycles. The third-order valence-electron chi connectivity index (χ3n) is 4.57. The molecule has 0 spiro atoms. The average molecular weight is 300 g/mol. The molecule has 0 saturated carbocycles. The number of nitrogen functional groups attached to an aromatic ring is 1. The number of likely N-dealkylation sites (tertiary alicyclic amines) is 1. The lowest BCUT2D eigenvalue weighted by Crippen LogP contribution is -2.34. The van der Waals surface area contributed by atoms with Crippen molar-refractivity contribution in [2.24, 2.45) is 5.92 Å². The highest BCUT2D eigenvalue weighted by Crippen LogP contribution is 2.29. The first kappa shape index (κ1) is 15.3. The Morgan fingerprint density at radius 2 is 2.09 bits per heavy atom. The van der Waals surface area contributed by atoms with Crippen molar-refractivity contribution in [1.29, 1.82) is 0 Å². The predicted molar refractivity (Wildman–Crippen MR) is 92.0 cm³/mol. The number of pyridine rings is 1. The molecule has 1 unspecified atom stereocenters. The Hall–Kier alpha value is -1.55. The molecule has 120 valence electrons. The minimum atomic E-state index is 0.0392. The van der Waals surface area contributed by atoms with Crippen LogP contribution in [0.4, 0.5) is 5.69 Å². The molecule has 0 amide bonds. The maximum absolute atomic E-state index is 6.00. The highest BCUT2D eigenvalue weighted by molar-refractivity contribution is 5.51. The van der Waals surface area contributed by atoms with Gasteiger partial charge in [0.05, 0.1) is 11.4 Å². The lowest BCUT2D eigenvalue weighted by Gasteiger charge is -2.31. The minimum absolute atomic E-state index is 0.0392. The Labute approximate surface area is 133 Å². The molecule has 0 radical (unpaired) electrons. The van der Waals surface area contributed by atoms with Crippen LogP contribution in [0.15, 0.2) is 18.3 Å². The molecule has 3 rings (SSSR count). The van der Waals surface area contributed by atoms with Crippen LogP contribution >= 0.6 is 0 Å². The molecule has 2 aromatic rings. The zero-order chi connectivity index (χ0) is 15.9. The first-order valence-corrected chi connectivity index (χ1v) is 8.34. The molecule has 0 bridgehead atoms. The Morgan fingerprint density at radius 3 is 2.77 bits per heavy atom. The van der Waals surface area contributed by atoms with E-state index in [1.807, 2.05) is 18.3 Å². The molecule has 3 heterocycles. The van der Waals surface area contributed by atoms with Gasteiger partial charge in [-0.25, -0.2) is 4.98 Å². The number of aromatic nitrogens is 2. The second-order valence-electron chi connectivity index (χ2n) is 7.83. The topological polar surface area (TPSA) is 46.6 Å². The predicted octanol–water partition coefficient (Wildman–Crippen LogP) is 3.45. The molecule has 2 aromatic heterocycles. The maximum Gasteiger partial charge on any atom is 0.137 e. The number of hydrogen-bond acceptors (Lipinski definition) is 3. The summed E-state index contributed by atoms with van der Waals surface area (Å²) < 4.78 is 2.19. The number of imidazole rings is 1. The summed E-state index contributed by atoms with van der Waals surface area (Å²) in [6.45, 7) is 12.4. The van der Waals surface area contributed by atoms with Gasteiger partial charge in [0.1, 0.15) is 5.65 Å². The van der Waals surface area contributed by atoms with E-state index in [0.29, 0.717) is 0 Å². The standard InChI is InChI=1S/C18H28N4/c1-13-6-5-9-21(10-13)12-15-17(18(2,3)4)20-16-8-7-14(19)11-22(15)16/h7-8,11,13H,5-6,9-10,12,19H2,1-4H3. The quantitative estimate of drug-likeness (QED) is 0.924. The fourth-order valence-electron chi connectivity index (χ4n) is 3.50. The van der Waals surface area contributed by atoms with Crippen molar-refractivity contribution in [3.05, 3.63) is 29.7 Å². The molecule has 2 N–H and O–H groups in total. The molecule has 1 saturated heterocycles. The van der Waals surface area contributed by atoms with Crippen molar-refractivity contribution in [2.75, 3.05) is 18.8 Å². The SMILES string of the molecule is CC1CCCN(Cc2c(C(C)(C)C)nc3ccc(N)cn23)C1. The molecule has 1 aliphatic heterocycles. The van der Waals surface area contributed by atoms with E-state index in [-0.39, 0.29) is 5.41 Å². The van der Waals surface area contributed by atoms with Gasteiger partial charge in [0.15, 0.2) is 0 Å². The van der Waals surface area contributed by atoms with Gasteiger partial charge in [-0.15, -0.1) is 0 Å². The van der Waals surface area contributed by atoms with Gasteiger partial charge in [-0.1, -0.05) is 27.7 Å². The lowest BCUT2D eigenvalue weighted by molar-refractivity contribution is 0.173. The van der Waals surface area contributed by atoms with Gasteiger partial charge >= 0.3 is 0 Å². The molecular formula is C18H28N4. The van der Waals surface area contributed by atoms with Crippen LogP contribution in [-0.2, 0) is 12.0 Å². The normalized spacial score (nSPS) is 20.6.